The van der Waals surface area contributed by atoms with Gasteiger partial charge in [-0.3, -0.25) is 4.79 Å². The molecule has 2 N–H and O–H groups in total. The highest BCUT2D eigenvalue weighted by molar-refractivity contribution is 6.30. The molecule has 2 rings (SSSR count). The Kier molecular flexibility index (Phi) is 3.73. The lowest BCUT2D eigenvalue weighted by atomic mass is 10.2. The molecule has 2 aromatic rings. The Labute approximate surface area is 116 Å². The van der Waals surface area contributed by atoms with Crippen molar-refractivity contribution in [2.75, 3.05) is 0 Å². The number of nitrogens with two attached hydrogens (primary N) is 1. The first kappa shape index (κ1) is 13.8. The second-order valence-corrected chi connectivity index (χ2v) is 5.10. The van der Waals surface area contributed by atoms with Crippen LogP contribution in [-0.2, 0) is 0 Å². The monoisotopic (exact) mass is 277 g/mol. The molecule has 1 atom stereocenters. The van der Waals surface area contributed by atoms with Crippen LogP contribution in [0.4, 0.5) is 0 Å². The lowest BCUT2D eigenvalue weighted by Gasteiger charge is -2.15. The minimum absolute atomic E-state index is 0.136. The summed E-state index contributed by atoms with van der Waals surface area (Å²) in [5, 5.41) is 4.99. The van der Waals surface area contributed by atoms with Crippen molar-refractivity contribution in [2.24, 2.45) is 5.73 Å². The van der Waals surface area contributed by atoms with Crippen LogP contribution in [-0.4, -0.2) is 9.78 Å². The van der Waals surface area contributed by atoms with E-state index in [1.807, 2.05) is 32.0 Å². The van der Waals surface area contributed by atoms with Crippen molar-refractivity contribution in [1.82, 2.24) is 9.78 Å². The number of rotatable bonds is 2. The van der Waals surface area contributed by atoms with Gasteiger partial charge in [-0.05, 0) is 38.5 Å². The second-order valence-electron chi connectivity index (χ2n) is 4.67. The molecular formula is C14H16ClN3O. The van der Waals surface area contributed by atoms with Crippen molar-refractivity contribution in [2.45, 2.75) is 26.8 Å². The van der Waals surface area contributed by atoms with E-state index in [2.05, 4.69) is 5.10 Å². The maximum Gasteiger partial charge on any atom is 0.205 e. The van der Waals surface area contributed by atoms with E-state index in [4.69, 9.17) is 17.3 Å². The van der Waals surface area contributed by atoms with E-state index in [9.17, 15) is 4.79 Å². The van der Waals surface area contributed by atoms with Crippen LogP contribution in [0.5, 0.6) is 0 Å². The number of hydrogen-bond donors (Lipinski definition) is 1. The molecule has 0 aliphatic carbocycles. The zero-order valence-corrected chi connectivity index (χ0v) is 11.9. The van der Waals surface area contributed by atoms with Gasteiger partial charge in [0.2, 0.25) is 5.43 Å². The molecule has 1 aromatic heterocycles. The summed E-state index contributed by atoms with van der Waals surface area (Å²) in [4.78, 5) is 11.8. The Morgan fingerprint density at radius 3 is 2.63 bits per heavy atom. The number of hydrogen-bond acceptors (Lipinski definition) is 3. The first-order valence-electron chi connectivity index (χ1n) is 6.03. The van der Waals surface area contributed by atoms with Gasteiger partial charge in [0.05, 0.1) is 5.69 Å². The van der Waals surface area contributed by atoms with Gasteiger partial charge < -0.3 is 5.73 Å². The van der Waals surface area contributed by atoms with Crippen LogP contribution in [0, 0.1) is 13.8 Å². The summed E-state index contributed by atoms with van der Waals surface area (Å²) < 4.78 is 1.71. The highest BCUT2D eigenvalue weighted by Crippen LogP contribution is 2.20. The van der Waals surface area contributed by atoms with Crippen LogP contribution in [0.2, 0.25) is 5.02 Å². The highest BCUT2D eigenvalue weighted by atomic mass is 35.5. The Morgan fingerprint density at radius 2 is 2.00 bits per heavy atom. The van der Waals surface area contributed by atoms with Gasteiger partial charge in [0.15, 0.2) is 0 Å². The van der Waals surface area contributed by atoms with Gasteiger partial charge >= 0.3 is 0 Å². The molecule has 19 heavy (non-hydrogen) atoms. The fourth-order valence-electron chi connectivity index (χ4n) is 1.93. The van der Waals surface area contributed by atoms with Crippen LogP contribution in [0.15, 0.2) is 29.1 Å². The summed E-state index contributed by atoms with van der Waals surface area (Å²) in [6.45, 7) is 5.55. The Morgan fingerprint density at radius 1 is 1.32 bits per heavy atom. The number of aromatic nitrogens is 2. The van der Waals surface area contributed by atoms with E-state index in [-0.39, 0.29) is 5.43 Å². The van der Waals surface area contributed by atoms with Crippen molar-refractivity contribution in [3.63, 3.8) is 0 Å². The molecule has 0 saturated carbocycles. The highest BCUT2D eigenvalue weighted by Gasteiger charge is 2.12. The third-order valence-electron chi connectivity index (χ3n) is 2.96. The van der Waals surface area contributed by atoms with Crippen LogP contribution < -0.4 is 11.2 Å². The van der Waals surface area contributed by atoms with Gasteiger partial charge in [0, 0.05) is 22.8 Å². The quantitative estimate of drug-likeness (QED) is 0.917. The number of benzene rings is 1. The predicted molar refractivity (Wildman–Crippen MR) is 76.9 cm³/mol. The molecule has 0 bridgehead atoms. The van der Waals surface area contributed by atoms with E-state index >= 15 is 0 Å². The van der Waals surface area contributed by atoms with Crippen LogP contribution in [0.3, 0.4) is 0 Å². The molecule has 1 heterocycles. The largest absolute Gasteiger partial charge is 0.323 e. The maximum absolute atomic E-state index is 11.8. The van der Waals surface area contributed by atoms with Gasteiger partial charge in [0.1, 0.15) is 5.69 Å². The van der Waals surface area contributed by atoms with Crippen molar-refractivity contribution in [3.05, 3.63) is 56.5 Å². The summed E-state index contributed by atoms with van der Waals surface area (Å²) in [5.74, 6) is 0. The molecule has 0 aliphatic heterocycles. The average Bonchev–Trinajstić information content (AvgIpc) is 2.32. The van der Waals surface area contributed by atoms with E-state index < -0.39 is 6.04 Å². The van der Waals surface area contributed by atoms with Crippen molar-refractivity contribution < 1.29 is 0 Å². The molecule has 0 amide bonds. The Hall–Kier alpha value is -1.65. The molecule has 0 fully saturated rings. The van der Waals surface area contributed by atoms with Crippen LogP contribution >= 0.6 is 11.6 Å². The molecule has 1 unspecified atom stereocenters. The SMILES string of the molecule is Cc1ccc(Cl)cc1-n1nc(C(C)N)c(=O)cc1C. The molecule has 0 spiro atoms. The molecule has 5 heteroatoms. The lowest BCUT2D eigenvalue weighted by molar-refractivity contribution is 0.685. The summed E-state index contributed by atoms with van der Waals surface area (Å²) in [6.07, 6.45) is 0. The normalized spacial score (nSPS) is 12.5. The Bertz CT molecular complexity index is 677. The summed E-state index contributed by atoms with van der Waals surface area (Å²) >= 11 is 6.03. The van der Waals surface area contributed by atoms with Crippen LogP contribution in [0.1, 0.15) is 29.9 Å². The second kappa shape index (κ2) is 5.15. The molecule has 0 saturated heterocycles. The van der Waals surface area contributed by atoms with E-state index in [1.165, 1.54) is 0 Å². The minimum Gasteiger partial charge on any atom is -0.323 e. The van der Waals surface area contributed by atoms with Crippen molar-refractivity contribution >= 4 is 11.6 Å². The summed E-state index contributed by atoms with van der Waals surface area (Å²) in [5.41, 5.74) is 8.62. The van der Waals surface area contributed by atoms with E-state index in [0.717, 1.165) is 16.9 Å². The van der Waals surface area contributed by atoms with Gasteiger partial charge in [-0.2, -0.15) is 5.10 Å². The van der Waals surface area contributed by atoms with Crippen molar-refractivity contribution in [1.29, 1.82) is 0 Å². The molecule has 4 nitrogen and oxygen atoms in total. The van der Waals surface area contributed by atoms with Gasteiger partial charge in [0.25, 0.3) is 0 Å². The number of halogens is 1. The number of aryl methyl sites for hydroxylation is 2. The molecule has 0 radical (unpaired) electrons. The van der Waals surface area contributed by atoms with Gasteiger partial charge in [-0.15, -0.1) is 0 Å². The fraction of sp³-hybridized carbons (Fsp3) is 0.286. The third-order valence-corrected chi connectivity index (χ3v) is 3.20. The summed E-state index contributed by atoms with van der Waals surface area (Å²) in [7, 11) is 0. The molecule has 100 valence electrons. The zero-order valence-electron chi connectivity index (χ0n) is 11.1. The third kappa shape index (κ3) is 2.69. The predicted octanol–water partition coefficient (Wildman–Crippen LogP) is 2.52. The van der Waals surface area contributed by atoms with Crippen molar-refractivity contribution in [3.8, 4) is 5.69 Å². The van der Waals surface area contributed by atoms with Gasteiger partial charge in [-0.1, -0.05) is 17.7 Å². The first-order chi connectivity index (χ1) is 8.90. The van der Waals surface area contributed by atoms with Gasteiger partial charge in [-0.25, -0.2) is 4.68 Å². The average molecular weight is 278 g/mol. The molecule has 0 aliphatic rings. The van der Waals surface area contributed by atoms with Crippen LogP contribution in [0.25, 0.3) is 5.69 Å². The maximum atomic E-state index is 11.8. The minimum atomic E-state index is -0.404. The topological polar surface area (TPSA) is 60.9 Å². The smallest absolute Gasteiger partial charge is 0.205 e. The standard InChI is InChI=1S/C14H16ClN3O/c1-8-4-5-11(15)7-12(8)18-9(2)6-13(19)14(17-18)10(3)16/h4-7,10H,16H2,1-3H3. The number of nitrogens with zero attached hydrogens (tertiary/aromatic N) is 2. The fourth-order valence-corrected chi connectivity index (χ4v) is 2.10. The molecule has 1 aromatic carbocycles. The lowest BCUT2D eigenvalue weighted by Crippen LogP contribution is -2.24. The van der Waals surface area contributed by atoms with E-state index in [1.54, 1.807) is 17.7 Å². The molecular weight excluding hydrogens is 262 g/mol. The summed E-state index contributed by atoms with van der Waals surface area (Å²) in [6, 6.07) is 6.71. The zero-order chi connectivity index (χ0) is 14.2. The first-order valence-corrected chi connectivity index (χ1v) is 6.41. The van der Waals surface area contributed by atoms with E-state index in [0.29, 0.717) is 10.7 Å². The Balaban J connectivity index is 2.71.